The maximum Gasteiger partial charge on any atom is 0.0953 e. The van der Waals surface area contributed by atoms with Crippen LogP contribution in [0.4, 0.5) is 0 Å². The molecule has 0 amide bonds. The Labute approximate surface area is 93.8 Å². The summed E-state index contributed by atoms with van der Waals surface area (Å²) >= 11 is 0. The number of nitrogens with two attached hydrogens (primary N) is 1. The molecule has 0 unspecified atom stereocenters. The van der Waals surface area contributed by atoms with Crippen molar-refractivity contribution in [3.63, 3.8) is 0 Å². The van der Waals surface area contributed by atoms with Gasteiger partial charge in [0.05, 0.1) is 18.6 Å². The Kier molecular flexibility index (Phi) is 3.63. The number of aryl methyl sites for hydroxylation is 1. The average molecular weight is 218 g/mol. The average Bonchev–Trinajstić information content (AvgIpc) is 2.79. The van der Waals surface area contributed by atoms with E-state index in [4.69, 9.17) is 5.90 Å². The van der Waals surface area contributed by atoms with E-state index in [1.54, 1.807) is 18.7 Å². The van der Waals surface area contributed by atoms with Crippen LogP contribution in [0.15, 0.2) is 37.1 Å². The second kappa shape index (κ2) is 5.39. The summed E-state index contributed by atoms with van der Waals surface area (Å²) in [6.45, 7) is 1.41. The first kappa shape index (κ1) is 10.8. The van der Waals surface area contributed by atoms with Gasteiger partial charge in [-0.2, -0.15) is 0 Å². The second-order valence-electron chi connectivity index (χ2n) is 3.46. The third kappa shape index (κ3) is 2.65. The molecule has 0 aliphatic rings. The fraction of sp³-hybridized carbons (Fsp3) is 0.273. The van der Waals surface area contributed by atoms with Crippen LogP contribution in [-0.2, 0) is 11.4 Å². The van der Waals surface area contributed by atoms with E-state index >= 15 is 0 Å². The van der Waals surface area contributed by atoms with Crippen LogP contribution in [0.1, 0.15) is 6.42 Å². The van der Waals surface area contributed by atoms with Gasteiger partial charge in [0.1, 0.15) is 0 Å². The van der Waals surface area contributed by atoms with Gasteiger partial charge in [0.15, 0.2) is 0 Å². The standard InChI is InChI=1S/C11H14N4O/c12-16-6-2-5-15-8-11(14-9-15)10-3-1-4-13-7-10/h1,3-4,7-9H,2,5-6,12H2. The molecule has 0 aliphatic carbocycles. The largest absolute Gasteiger partial charge is 0.337 e. The van der Waals surface area contributed by atoms with Crippen LogP contribution in [0.25, 0.3) is 11.3 Å². The molecule has 2 aromatic rings. The Hall–Kier alpha value is -1.72. The monoisotopic (exact) mass is 218 g/mol. The van der Waals surface area contributed by atoms with Gasteiger partial charge in [-0.25, -0.2) is 10.9 Å². The number of rotatable bonds is 5. The molecule has 0 radical (unpaired) electrons. The van der Waals surface area contributed by atoms with Crippen molar-refractivity contribution in [1.29, 1.82) is 0 Å². The van der Waals surface area contributed by atoms with Gasteiger partial charge < -0.3 is 9.40 Å². The molecule has 0 fully saturated rings. The van der Waals surface area contributed by atoms with Crippen LogP contribution >= 0.6 is 0 Å². The van der Waals surface area contributed by atoms with Gasteiger partial charge in [0.2, 0.25) is 0 Å². The highest BCUT2D eigenvalue weighted by Crippen LogP contribution is 2.14. The summed E-state index contributed by atoms with van der Waals surface area (Å²) in [5.74, 6) is 4.96. The molecule has 5 nitrogen and oxygen atoms in total. The lowest BCUT2D eigenvalue weighted by Gasteiger charge is -1.99. The summed E-state index contributed by atoms with van der Waals surface area (Å²) < 4.78 is 2.02. The van der Waals surface area contributed by atoms with Gasteiger partial charge in [-0.05, 0) is 18.6 Å². The minimum atomic E-state index is 0.556. The first-order chi connectivity index (χ1) is 7.90. The van der Waals surface area contributed by atoms with E-state index in [1.165, 1.54) is 0 Å². The number of aromatic nitrogens is 3. The summed E-state index contributed by atoms with van der Waals surface area (Å²) in [6.07, 6.45) is 8.22. The fourth-order valence-corrected chi connectivity index (χ4v) is 1.48. The Balaban J connectivity index is 2.02. The zero-order valence-electron chi connectivity index (χ0n) is 8.91. The molecule has 0 saturated carbocycles. The zero-order chi connectivity index (χ0) is 11.2. The second-order valence-corrected chi connectivity index (χ2v) is 3.46. The maximum atomic E-state index is 4.96. The molecule has 2 N–H and O–H groups in total. The third-order valence-corrected chi connectivity index (χ3v) is 2.27. The number of nitrogens with zero attached hydrogens (tertiary/aromatic N) is 3. The van der Waals surface area contributed by atoms with Crippen molar-refractivity contribution in [3.8, 4) is 11.3 Å². The summed E-state index contributed by atoms with van der Waals surface area (Å²) in [6, 6.07) is 3.89. The topological polar surface area (TPSA) is 66.0 Å². The zero-order valence-corrected chi connectivity index (χ0v) is 8.91. The van der Waals surface area contributed by atoms with Gasteiger partial charge in [0, 0.05) is 30.7 Å². The third-order valence-electron chi connectivity index (χ3n) is 2.27. The van der Waals surface area contributed by atoms with Crippen LogP contribution < -0.4 is 5.90 Å². The van der Waals surface area contributed by atoms with Crippen molar-refractivity contribution in [2.24, 2.45) is 5.90 Å². The van der Waals surface area contributed by atoms with Crippen molar-refractivity contribution < 1.29 is 4.84 Å². The molecule has 84 valence electrons. The van der Waals surface area contributed by atoms with Crippen molar-refractivity contribution in [2.45, 2.75) is 13.0 Å². The first-order valence-corrected chi connectivity index (χ1v) is 5.14. The van der Waals surface area contributed by atoms with Crippen molar-refractivity contribution >= 4 is 0 Å². The molecule has 0 saturated heterocycles. The van der Waals surface area contributed by atoms with E-state index in [2.05, 4.69) is 14.8 Å². The Morgan fingerprint density at radius 3 is 3.12 bits per heavy atom. The first-order valence-electron chi connectivity index (χ1n) is 5.14. The lowest BCUT2D eigenvalue weighted by atomic mass is 10.2. The van der Waals surface area contributed by atoms with E-state index in [0.29, 0.717) is 6.61 Å². The molecule has 2 heterocycles. The SMILES string of the molecule is NOCCCn1cnc(-c2cccnc2)c1. The predicted molar refractivity (Wildman–Crippen MR) is 60.2 cm³/mol. The summed E-state index contributed by atoms with van der Waals surface area (Å²) in [5, 5.41) is 0. The fourth-order valence-electron chi connectivity index (χ4n) is 1.48. The van der Waals surface area contributed by atoms with Crippen molar-refractivity contribution in [2.75, 3.05) is 6.61 Å². The van der Waals surface area contributed by atoms with Crippen LogP contribution in [0.3, 0.4) is 0 Å². The highest BCUT2D eigenvalue weighted by Gasteiger charge is 2.01. The normalized spacial score (nSPS) is 10.6. The minimum Gasteiger partial charge on any atom is -0.337 e. The van der Waals surface area contributed by atoms with E-state index < -0.39 is 0 Å². The summed E-state index contributed by atoms with van der Waals surface area (Å²) in [4.78, 5) is 12.9. The molecule has 0 aromatic carbocycles. The number of pyridine rings is 1. The van der Waals surface area contributed by atoms with E-state index in [1.807, 2.05) is 22.9 Å². The molecule has 16 heavy (non-hydrogen) atoms. The lowest BCUT2D eigenvalue weighted by molar-refractivity contribution is 0.132. The minimum absolute atomic E-state index is 0.556. The summed E-state index contributed by atoms with van der Waals surface area (Å²) in [5.41, 5.74) is 1.96. The van der Waals surface area contributed by atoms with Crippen LogP contribution in [0.2, 0.25) is 0 Å². The molecule has 0 aliphatic heterocycles. The van der Waals surface area contributed by atoms with Crippen LogP contribution in [0, 0.1) is 0 Å². The van der Waals surface area contributed by atoms with E-state index in [-0.39, 0.29) is 0 Å². The molecule has 0 spiro atoms. The lowest BCUT2D eigenvalue weighted by Crippen LogP contribution is -2.04. The molecule has 0 bridgehead atoms. The number of hydrogen-bond acceptors (Lipinski definition) is 4. The van der Waals surface area contributed by atoms with Crippen molar-refractivity contribution in [1.82, 2.24) is 14.5 Å². The van der Waals surface area contributed by atoms with Crippen molar-refractivity contribution in [3.05, 3.63) is 37.1 Å². The Bertz CT molecular complexity index is 427. The molecule has 2 aromatic heterocycles. The van der Waals surface area contributed by atoms with E-state index in [0.717, 1.165) is 24.2 Å². The molecule has 2 rings (SSSR count). The molecular formula is C11H14N4O. The quantitative estimate of drug-likeness (QED) is 0.605. The number of hydrogen-bond donors (Lipinski definition) is 1. The highest BCUT2D eigenvalue weighted by atomic mass is 16.6. The Morgan fingerprint density at radius 2 is 2.38 bits per heavy atom. The van der Waals surface area contributed by atoms with Crippen LogP contribution in [0.5, 0.6) is 0 Å². The van der Waals surface area contributed by atoms with Crippen LogP contribution in [-0.4, -0.2) is 21.1 Å². The van der Waals surface area contributed by atoms with Gasteiger partial charge in [-0.15, -0.1) is 0 Å². The molecule has 0 atom stereocenters. The summed E-state index contributed by atoms with van der Waals surface area (Å²) in [7, 11) is 0. The molecular weight excluding hydrogens is 204 g/mol. The smallest absolute Gasteiger partial charge is 0.0953 e. The van der Waals surface area contributed by atoms with E-state index in [9.17, 15) is 0 Å². The van der Waals surface area contributed by atoms with Gasteiger partial charge in [-0.1, -0.05) is 0 Å². The highest BCUT2D eigenvalue weighted by molar-refractivity contribution is 5.56. The van der Waals surface area contributed by atoms with Gasteiger partial charge in [-0.3, -0.25) is 4.98 Å². The van der Waals surface area contributed by atoms with Gasteiger partial charge >= 0.3 is 0 Å². The maximum absolute atomic E-state index is 4.96. The molecule has 5 heteroatoms. The van der Waals surface area contributed by atoms with Gasteiger partial charge in [0.25, 0.3) is 0 Å². The predicted octanol–water partition coefficient (Wildman–Crippen LogP) is 1.23. The Morgan fingerprint density at radius 1 is 1.44 bits per heavy atom. The number of imidazole rings is 1.